The molecule has 0 aliphatic rings. The maximum absolute atomic E-state index is 9.49. The highest BCUT2D eigenvalue weighted by atomic mass is 16.3. The molecule has 1 aromatic carbocycles. The highest BCUT2D eigenvalue weighted by molar-refractivity contribution is 5.53. The first kappa shape index (κ1) is 11.4. The van der Waals surface area contributed by atoms with Crippen LogP contribution >= 0.6 is 0 Å². The number of rotatable bonds is 4. The van der Waals surface area contributed by atoms with Gasteiger partial charge < -0.3 is 20.6 Å². The van der Waals surface area contributed by atoms with E-state index in [1.807, 2.05) is 6.92 Å². The van der Waals surface area contributed by atoms with Crippen LogP contribution in [0.15, 0.2) is 24.8 Å². The topological polar surface area (TPSA) is 72.7 Å². The number of phenols is 3. The molecule has 0 aliphatic carbocycles. The lowest BCUT2D eigenvalue weighted by molar-refractivity contribution is 0.364. The summed E-state index contributed by atoms with van der Waals surface area (Å²) >= 11 is 0. The van der Waals surface area contributed by atoms with E-state index in [2.05, 4.69) is 11.9 Å². The predicted molar refractivity (Wildman–Crippen MR) is 57.9 cm³/mol. The summed E-state index contributed by atoms with van der Waals surface area (Å²) < 4.78 is 0. The molecule has 1 unspecified atom stereocenters. The van der Waals surface area contributed by atoms with E-state index in [0.29, 0.717) is 12.1 Å². The van der Waals surface area contributed by atoms with Gasteiger partial charge in [0, 0.05) is 18.2 Å². The zero-order valence-corrected chi connectivity index (χ0v) is 8.57. The van der Waals surface area contributed by atoms with Crippen molar-refractivity contribution in [1.29, 1.82) is 0 Å². The zero-order valence-electron chi connectivity index (χ0n) is 8.57. The molecule has 0 fully saturated rings. The summed E-state index contributed by atoms with van der Waals surface area (Å²) in [6.07, 6.45) is 1.73. The predicted octanol–water partition coefficient (Wildman–Crippen LogP) is 1.47. The molecule has 1 aromatic rings. The summed E-state index contributed by atoms with van der Waals surface area (Å²) in [6.45, 7) is 5.93. The molecule has 0 aromatic heterocycles. The molecule has 4 nitrogen and oxygen atoms in total. The first-order valence-electron chi connectivity index (χ1n) is 4.65. The lowest BCUT2D eigenvalue weighted by atomic mass is 10.1. The van der Waals surface area contributed by atoms with Gasteiger partial charge in [0.1, 0.15) is 0 Å². The van der Waals surface area contributed by atoms with Crippen LogP contribution < -0.4 is 5.32 Å². The van der Waals surface area contributed by atoms with Crippen LogP contribution in [-0.4, -0.2) is 21.4 Å². The molecule has 4 N–H and O–H groups in total. The standard InChI is InChI=1S/C11H15NO3/c1-3-7(2)12-6-8-4-5-9(13)11(15)10(8)14/h3-5,7,12-15H,1,6H2,2H3. The maximum Gasteiger partial charge on any atom is 0.200 e. The van der Waals surface area contributed by atoms with Crippen molar-refractivity contribution < 1.29 is 15.3 Å². The molecular formula is C11H15NO3. The van der Waals surface area contributed by atoms with Crippen molar-refractivity contribution in [2.75, 3.05) is 0 Å². The second kappa shape index (κ2) is 4.70. The third-order valence-electron chi connectivity index (χ3n) is 2.18. The largest absolute Gasteiger partial charge is 0.504 e. The average Bonchev–Trinajstić information content (AvgIpc) is 2.24. The van der Waals surface area contributed by atoms with Gasteiger partial charge in [0.25, 0.3) is 0 Å². The van der Waals surface area contributed by atoms with Crippen LogP contribution in [0.4, 0.5) is 0 Å². The highest BCUT2D eigenvalue weighted by Crippen LogP contribution is 2.36. The van der Waals surface area contributed by atoms with Gasteiger partial charge in [-0.25, -0.2) is 0 Å². The van der Waals surface area contributed by atoms with Gasteiger partial charge in [-0.15, -0.1) is 6.58 Å². The second-order valence-corrected chi connectivity index (χ2v) is 3.35. The number of aromatic hydroxyl groups is 3. The van der Waals surface area contributed by atoms with Gasteiger partial charge in [0.05, 0.1) is 0 Å². The monoisotopic (exact) mass is 209 g/mol. The summed E-state index contributed by atoms with van der Waals surface area (Å²) in [5.41, 5.74) is 0.527. The van der Waals surface area contributed by atoms with Crippen molar-refractivity contribution in [3.8, 4) is 17.2 Å². The molecule has 0 aliphatic heterocycles. The molecule has 4 heteroatoms. The number of hydrogen-bond donors (Lipinski definition) is 4. The van der Waals surface area contributed by atoms with Gasteiger partial charge in [-0.05, 0) is 13.0 Å². The summed E-state index contributed by atoms with van der Waals surface area (Å²) in [7, 11) is 0. The minimum atomic E-state index is -0.486. The maximum atomic E-state index is 9.49. The lowest BCUT2D eigenvalue weighted by Crippen LogP contribution is -2.22. The molecule has 1 rings (SSSR count). The Morgan fingerprint density at radius 1 is 1.33 bits per heavy atom. The van der Waals surface area contributed by atoms with Crippen molar-refractivity contribution in [1.82, 2.24) is 5.32 Å². The van der Waals surface area contributed by atoms with Crippen LogP contribution in [-0.2, 0) is 6.54 Å². The molecule has 0 radical (unpaired) electrons. The van der Waals surface area contributed by atoms with Crippen molar-refractivity contribution >= 4 is 0 Å². The average molecular weight is 209 g/mol. The van der Waals surface area contributed by atoms with Gasteiger partial charge in [-0.3, -0.25) is 0 Å². The van der Waals surface area contributed by atoms with Crippen LogP contribution in [0, 0.1) is 0 Å². The summed E-state index contributed by atoms with van der Waals surface area (Å²) in [5, 5.41) is 30.9. The fourth-order valence-corrected chi connectivity index (χ4v) is 1.11. The van der Waals surface area contributed by atoms with E-state index in [0.717, 1.165) is 0 Å². The minimum Gasteiger partial charge on any atom is -0.504 e. The third kappa shape index (κ3) is 2.63. The fourth-order valence-electron chi connectivity index (χ4n) is 1.11. The molecule has 0 bridgehead atoms. The SMILES string of the molecule is C=CC(C)NCc1ccc(O)c(O)c1O. The Labute approximate surface area is 88.5 Å². The Hall–Kier alpha value is -1.68. The molecule has 0 amide bonds. The molecular weight excluding hydrogens is 194 g/mol. The quantitative estimate of drug-likeness (QED) is 0.447. The van der Waals surface area contributed by atoms with Gasteiger partial charge in [0.15, 0.2) is 11.5 Å². The number of phenolic OH excluding ortho intramolecular Hbond substituents is 3. The number of benzene rings is 1. The van der Waals surface area contributed by atoms with E-state index in [4.69, 9.17) is 5.11 Å². The van der Waals surface area contributed by atoms with E-state index in [1.54, 1.807) is 12.1 Å². The Kier molecular flexibility index (Phi) is 3.57. The number of hydrogen-bond acceptors (Lipinski definition) is 4. The van der Waals surface area contributed by atoms with Crippen molar-refractivity contribution in [3.63, 3.8) is 0 Å². The van der Waals surface area contributed by atoms with Crippen LogP contribution in [0.2, 0.25) is 0 Å². The Morgan fingerprint density at radius 3 is 2.60 bits per heavy atom. The van der Waals surface area contributed by atoms with Gasteiger partial charge >= 0.3 is 0 Å². The van der Waals surface area contributed by atoms with Crippen molar-refractivity contribution in [2.45, 2.75) is 19.5 Å². The van der Waals surface area contributed by atoms with E-state index in [-0.39, 0.29) is 17.5 Å². The first-order valence-corrected chi connectivity index (χ1v) is 4.65. The Bertz CT molecular complexity index is 363. The molecule has 82 valence electrons. The van der Waals surface area contributed by atoms with Gasteiger partial charge in [-0.1, -0.05) is 12.1 Å². The lowest BCUT2D eigenvalue weighted by Gasteiger charge is -2.11. The van der Waals surface area contributed by atoms with E-state index < -0.39 is 5.75 Å². The van der Waals surface area contributed by atoms with E-state index >= 15 is 0 Å². The molecule has 0 saturated carbocycles. The Balaban J connectivity index is 2.78. The molecule has 0 saturated heterocycles. The summed E-state index contributed by atoms with van der Waals surface area (Å²) in [6, 6.07) is 3.00. The Morgan fingerprint density at radius 2 is 2.00 bits per heavy atom. The zero-order chi connectivity index (χ0) is 11.4. The second-order valence-electron chi connectivity index (χ2n) is 3.35. The van der Waals surface area contributed by atoms with Crippen LogP contribution in [0.1, 0.15) is 12.5 Å². The molecule has 0 heterocycles. The normalized spacial score (nSPS) is 12.3. The summed E-state index contributed by atoms with van der Waals surface area (Å²) in [4.78, 5) is 0. The molecule has 15 heavy (non-hydrogen) atoms. The molecule has 1 atom stereocenters. The van der Waals surface area contributed by atoms with E-state index in [9.17, 15) is 10.2 Å². The van der Waals surface area contributed by atoms with E-state index in [1.165, 1.54) is 6.07 Å². The third-order valence-corrected chi connectivity index (χ3v) is 2.18. The highest BCUT2D eigenvalue weighted by Gasteiger charge is 2.10. The first-order chi connectivity index (χ1) is 7.06. The van der Waals surface area contributed by atoms with Crippen molar-refractivity contribution in [2.24, 2.45) is 0 Å². The molecule has 0 spiro atoms. The van der Waals surface area contributed by atoms with Crippen molar-refractivity contribution in [3.05, 3.63) is 30.4 Å². The van der Waals surface area contributed by atoms with Crippen LogP contribution in [0.3, 0.4) is 0 Å². The van der Waals surface area contributed by atoms with Crippen LogP contribution in [0.25, 0.3) is 0 Å². The van der Waals surface area contributed by atoms with Crippen LogP contribution in [0.5, 0.6) is 17.2 Å². The van der Waals surface area contributed by atoms with Gasteiger partial charge in [-0.2, -0.15) is 0 Å². The fraction of sp³-hybridized carbons (Fsp3) is 0.273. The number of nitrogens with one attached hydrogen (secondary N) is 1. The summed E-state index contributed by atoms with van der Waals surface area (Å²) in [5.74, 6) is -1.10. The minimum absolute atomic E-state index is 0.111. The van der Waals surface area contributed by atoms with Gasteiger partial charge in [0.2, 0.25) is 5.75 Å². The smallest absolute Gasteiger partial charge is 0.200 e.